The number of nitrogens with zero attached hydrogens (tertiary/aromatic N) is 1. The van der Waals surface area contributed by atoms with Gasteiger partial charge < -0.3 is 4.74 Å². The van der Waals surface area contributed by atoms with Crippen LogP contribution in [0.15, 0.2) is 24.8 Å². The van der Waals surface area contributed by atoms with E-state index in [1.54, 1.807) is 0 Å². The van der Waals surface area contributed by atoms with Crippen molar-refractivity contribution >= 4 is 5.97 Å². The molecule has 0 bridgehead atoms. The first-order valence-corrected chi connectivity index (χ1v) is 3.25. The maximum Gasteiger partial charge on any atom is 0.341 e. The van der Waals surface area contributed by atoms with Crippen molar-refractivity contribution in [2.24, 2.45) is 0 Å². The number of carbonyl (C=O) groups excluding carboxylic acids is 1. The molecular weight excluding hydrogens is 163 g/mol. The molecule has 0 saturated heterocycles. The zero-order valence-electron chi connectivity index (χ0n) is 6.16. The lowest BCUT2D eigenvalue weighted by Gasteiger charge is -1.96. The van der Waals surface area contributed by atoms with Crippen LogP contribution in [0.5, 0.6) is 0 Å². The van der Waals surface area contributed by atoms with E-state index < -0.39 is 5.97 Å². The van der Waals surface area contributed by atoms with E-state index in [-0.39, 0.29) is 6.61 Å². The molecule has 12 heavy (non-hydrogen) atoms. The molecule has 1 N–H and O–H groups in total. The van der Waals surface area contributed by atoms with Crippen LogP contribution in [-0.4, -0.2) is 22.8 Å². The summed E-state index contributed by atoms with van der Waals surface area (Å²) in [7, 11) is 0. The summed E-state index contributed by atoms with van der Waals surface area (Å²) in [5.74, 6) is -0.526. The number of ether oxygens (including phenoxy) is 1. The fraction of sp³-hybridized carbons (Fsp3) is 0.143. The minimum Gasteiger partial charge on any atom is -0.458 e. The van der Waals surface area contributed by atoms with E-state index in [4.69, 9.17) is 0 Å². The number of aromatic nitrogens is 2. The van der Waals surface area contributed by atoms with Crippen molar-refractivity contribution in [2.75, 3.05) is 6.61 Å². The number of H-pyrrole nitrogens is 1. The second kappa shape index (κ2) is 4.27. The smallest absolute Gasteiger partial charge is 0.341 e. The number of nitrogens with one attached hydrogen (secondary N) is 1. The molecule has 64 valence electrons. The molecule has 1 aromatic rings. The average molecular weight is 170 g/mol. The van der Waals surface area contributed by atoms with Gasteiger partial charge >= 0.3 is 5.97 Å². The van der Waals surface area contributed by atoms with Gasteiger partial charge in [-0.25, -0.2) is 9.18 Å². The lowest BCUT2D eigenvalue weighted by Crippen LogP contribution is -2.03. The van der Waals surface area contributed by atoms with E-state index in [0.29, 0.717) is 11.9 Å². The van der Waals surface area contributed by atoms with Gasteiger partial charge in [0.1, 0.15) is 6.61 Å². The predicted molar refractivity (Wildman–Crippen MR) is 39.1 cm³/mol. The third-order valence-electron chi connectivity index (χ3n) is 1.13. The molecule has 1 rings (SSSR count). The fourth-order valence-electron chi connectivity index (χ4n) is 0.606. The second-order valence-corrected chi connectivity index (χ2v) is 1.95. The van der Waals surface area contributed by atoms with Crippen molar-refractivity contribution in [2.45, 2.75) is 0 Å². The minimum absolute atomic E-state index is 0.0689. The zero-order valence-corrected chi connectivity index (χ0v) is 6.16. The highest BCUT2D eigenvalue weighted by Gasteiger charge is 2.05. The van der Waals surface area contributed by atoms with Crippen molar-refractivity contribution in [1.82, 2.24) is 10.2 Å². The molecule has 5 heteroatoms. The number of rotatable bonds is 3. The molecule has 0 spiro atoms. The average Bonchev–Trinajstić information content (AvgIpc) is 2.56. The van der Waals surface area contributed by atoms with Gasteiger partial charge in [-0.3, -0.25) is 5.10 Å². The van der Waals surface area contributed by atoms with E-state index in [9.17, 15) is 9.18 Å². The standard InChI is InChI=1S/C7H7FN2O2/c8-2-1-3-12-7(11)6-4-9-10-5-6/h1-2,4-5H,3H2,(H,9,10). The highest BCUT2D eigenvalue weighted by Crippen LogP contribution is 1.96. The van der Waals surface area contributed by atoms with Crippen LogP contribution in [0, 0.1) is 0 Å². The maximum atomic E-state index is 11.4. The second-order valence-electron chi connectivity index (χ2n) is 1.95. The van der Waals surface area contributed by atoms with Crippen molar-refractivity contribution in [3.8, 4) is 0 Å². The number of hydrogen-bond donors (Lipinski definition) is 1. The summed E-state index contributed by atoms with van der Waals surface area (Å²) >= 11 is 0. The molecule has 0 aromatic carbocycles. The summed E-state index contributed by atoms with van der Waals surface area (Å²) in [6.45, 7) is -0.0689. The molecule has 4 nitrogen and oxygen atoms in total. The first kappa shape index (κ1) is 8.45. The summed E-state index contributed by atoms with van der Waals surface area (Å²) in [5.41, 5.74) is 0.322. The van der Waals surface area contributed by atoms with Crippen LogP contribution in [0.4, 0.5) is 4.39 Å². The molecule has 0 aliphatic rings. The van der Waals surface area contributed by atoms with Gasteiger partial charge in [0.05, 0.1) is 18.1 Å². The number of carbonyl (C=O) groups is 1. The Bertz CT molecular complexity index is 269. The van der Waals surface area contributed by atoms with Crippen molar-refractivity contribution in [3.63, 3.8) is 0 Å². The Morgan fingerprint density at radius 2 is 2.67 bits per heavy atom. The molecule has 0 amide bonds. The van der Waals surface area contributed by atoms with Gasteiger partial charge in [-0.2, -0.15) is 5.10 Å². The molecule has 0 radical (unpaired) electrons. The number of hydrogen-bond acceptors (Lipinski definition) is 3. The number of esters is 1. The van der Waals surface area contributed by atoms with E-state index in [1.165, 1.54) is 12.4 Å². The Morgan fingerprint density at radius 3 is 3.25 bits per heavy atom. The van der Waals surface area contributed by atoms with Gasteiger partial charge in [0, 0.05) is 6.20 Å². The molecule has 0 unspecified atom stereocenters. The van der Waals surface area contributed by atoms with Crippen molar-refractivity contribution in [1.29, 1.82) is 0 Å². The highest BCUT2D eigenvalue weighted by atomic mass is 19.1. The summed E-state index contributed by atoms with van der Waals surface area (Å²) in [5, 5.41) is 6.01. The van der Waals surface area contributed by atoms with E-state index in [0.717, 1.165) is 6.08 Å². The summed E-state index contributed by atoms with van der Waals surface area (Å²) in [6.07, 6.45) is 4.16. The Morgan fingerprint density at radius 1 is 1.83 bits per heavy atom. The van der Waals surface area contributed by atoms with Gasteiger partial charge in [0.15, 0.2) is 0 Å². The fourth-order valence-corrected chi connectivity index (χ4v) is 0.606. The van der Waals surface area contributed by atoms with Gasteiger partial charge in [-0.1, -0.05) is 0 Å². The monoisotopic (exact) mass is 170 g/mol. The molecule has 1 aromatic heterocycles. The SMILES string of the molecule is O=C(OCC=CF)c1cn[nH]c1. The number of aromatic amines is 1. The lowest BCUT2D eigenvalue weighted by molar-refractivity contribution is 0.0549. The van der Waals surface area contributed by atoms with Crippen LogP contribution in [0.25, 0.3) is 0 Å². The number of halogens is 1. The normalized spacial score (nSPS) is 10.4. The largest absolute Gasteiger partial charge is 0.458 e. The minimum atomic E-state index is -0.526. The van der Waals surface area contributed by atoms with Crippen LogP contribution in [0.3, 0.4) is 0 Å². The van der Waals surface area contributed by atoms with Crippen LogP contribution in [0.1, 0.15) is 10.4 Å². The summed E-state index contributed by atoms with van der Waals surface area (Å²) in [4.78, 5) is 10.9. The molecule has 0 saturated carbocycles. The van der Waals surface area contributed by atoms with Gasteiger partial charge in [0.2, 0.25) is 0 Å². The summed E-state index contributed by atoms with van der Waals surface area (Å²) in [6, 6.07) is 0. The van der Waals surface area contributed by atoms with Crippen molar-refractivity contribution < 1.29 is 13.9 Å². The first-order chi connectivity index (χ1) is 5.84. The quantitative estimate of drug-likeness (QED) is 0.690. The lowest BCUT2D eigenvalue weighted by atomic mass is 10.4. The van der Waals surface area contributed by atoms with Crippen LogP contribution < -0.4 is 0 Å². The van der Waals surface area contributed by atoms with Crippen LogP contribution >= 0.6 is 0 Å². The van der Waals surface area contributed by atoms with Crippen molar-refractivity contribution in [3.05, 3.63) is 30.4 Å². The Hall–Kier alpha value is -1.65. The predicted octanol–water partition coefficient (Wildman–Crippen LogP) is 1.05. The van der Waals surface area contributed by atoms with Crippen LogP contribution in [0.2, 0.25) is 0 Å². The van der Waals surface area contributed by atoms with Gasteiger partial charge in [-0.15, -0.1) is 0 Å². The molecule has 0 aliphatic carbocycles. The topological polar surface area (TPSA) is 55.0 Å². The van der Waals surface area contributed by atoms with Gasteiger partial charge in [0.25, 0.3) is 0 Å². The van der Waals surface area contributed by atoms with E-state index >= 15 is 0 Å². The Labute approximate surface area is 68.0 Å². The third-order valence-corrected chi connectivity index (χ3v) is 1.13. The maximum absolute atomic E-state index is 11.4. The Kier molecular flexibility index (Phi) is 3.01. The first-order valence-electron chi connectivity index (χ1n) is 3.25. The zero-order chi connectivity index (χ0) is 8.81. The molecular formula is C7H7FN2O2. The van der Waals surface area contributed by atoms with Gasteiger partial charge in [-0.05, 0) is 6.08 Å². The Balaban J connectivity index is 2.40. The molecule has 0 atom stereocenters. The van der Waals surface area contributed by atoms with E-state index in [1.807, 2.05) is 0 Å². The molecule has 0 fully saturated rings. The molecule has 0 aliphatic heterocycles. The van der Waals surface area contributed by atoms with E-state index in [2.05, 4.69) is 14.9 Å². The highest BCUT2D eigenvalue weighted by molar-refractivity contribution is 5.88. The summed E-state index contributed by atoms with van der Waals surface area (Å²) < 4.78 is 16.0. The third kappa shape index (κ3) is 2.19. The molecule has 1 heterocycles. The van der Waals surface area contributed by atoms with Crippen LogP contribution in [-0.2, 0) is 4.74 Å².